The Hall–Kier alpha value is -3.16. The number of hydrogen-bond donors (Lipinski definition) is 3. The van der Waals surface area contributed by atoms with Crippen molar-refractivity contribution < 1.29 is 4.92 Å². The molecule has 0 aliphatic carbocycles. The van der Waals surface area contributed by atoms with E-state index in [0.29, 0.717) is 16.5 Å². The van der Waals surface area contributed by atoms with Gasteiger partial charge in [-0.25, -0.2) is 4.99 Å². The van der Waals surface area contributed by atoms with Gasteiger partial charge in [0, 0.05) is 11.5 Å². The van der Waals surface area contributed by atoms with E-state index in [9.17, 15) is 10.1 Å². The molecule has 2 rings (SSSR count). The highest BCUT2D eigenvalue weighted by atomic mass is 16.6. The molecule has 0 radical (unpaired) electrons. The van der Waals surface area contributed by atoms with Gasteiger partial charge in [-0.3, -0.25) is 10.1 Å². The molecule has 2 aromatic rings. The van der Waals surface area contributed by atoms with Crippen LogP contribution in [0.1, 0.15) is 0 Å². The summed E-state index contributed by atoms with van der Waals surface area (Å²) < 4.78 is 0. The number of rotatable bonds is 2. The third kappa shape index (κ3) is 2.64. The highest BCUT2D eigenvalue weighted by Gasteiger charge is 2.13. The van der Waals surface area contributed by atoms with Crippen molar-refractivity contribution in [1.29, 1.82) is 0 Å². The van der Waals surface area contributed by atoms with E-state index >= 15 is 0 Å². The normalized spacial score (nSPS) is 11.3. The average molecular weight is 272 g/mol. The van der Waals surface area contributed by atoms with Crippen molar-refractivity contribution >= 4 is 34.1 Å². The number of non-ortho nitro benzene ring substituents is 1. The van der Waals surface area contributed by atoms with Crippen LogP contribution in [0.15, 0.2) is 46.4 Å². The van der Waals surface area contributed by atoms with Gasteiger partial charge < -0.3 is 17.2 Å². The molecule has 0 amide bonds. The minimum Gasteiger partial charge on any atom is -0.370 e. The maximum Gasteiger partial charge on any atom is 0.277 e. The molecule has 6 N–H and O–H groups in total. The Bertz CT molecular complexity index is 734. The van der Waals surface area contributed by atoms with Crippen molar-refractivity contribution in [3.63, 3.8) is 0 Å². The number of hydrogen-bond acceptors (Lipinski definition) is 3. The first-order valence-electron chi connectivity index (χ1n) is 5.59. The second kappa shape index (κ2) is 5.22. The van der Waals surface area contributed by atoms with E-state index < -0.39 is 4.92 Å². The number of guanidine groups is 2. The smallest absolute Gasteiger partial charge is 0.277 e. The summed E-state index contributed by atoms with van der Waals surface area (Å²) in [4.78, 5) is 18.2. The maximum absolute atomic E-state index is 11.0. The molecule has 20 heavy (non-hydrogen) atoms. The number of nitro groups is 1. The minimum absolute atomic E-state index is 0.0000357. The van der Waals surface area contributed by atoms with Crippen molar-refractivity contribution in [2.45, 2.75) is 0 Å². The molecule has 0 saturated heterocycles. The van der Waals surface area contributed by atoms with Crippen LogP contribution in [0.25, 0.3) is 10.8 Å². The lowest BCUT2D eigenvalue weighted by atomic mass is 10.1. The van der Waals surface area contributed by atoms with E-state index in [1.54, 1.807) is 24.3 Å². The zero-order chi connectivity index (χ0) is 14.7. The lowest BCUT2D eigenvalue weighted by Gasteiger charge is -2.03. The van der Waals surface area contributed by atoms with Crippen LogP contribution in [-0.2, 0) is 0 Å². The van der Waals surface area contributed by atoms with Crippen LogP contribution in [0.5, 0.6) is 0 Å². The van der Waals surface area contributed by atoms with Crippen LogP contribution in [0.2, 0.25) is 0 Å². The van der Waals surface area contributed by atoms with Gasteiger partial charge in [0.1, 0.15) is 0 Å². The average Bonchev–Trinajstić information content (AvgIpc) is 2.37. The predicted molar refractivity (Wildman–Crippen MR) is 77.7 cm³/mol. The van der Waals surface area contributed by atoms with E-state index in [1.165, 1.54) is 12.1 Å². The number of nitrogens with two attached hydrogens (primary N) is 3. The van der Waals surface area contributed by atoms with Gasteiger partial charge in [0.15, 0.2) is 5.96 Å². The second-order valence-electron chi connectivity index (χ2n) is 3.91. The highest BCUT2D eigenvalue weighted by molar-refractivity contribution is 6.01. The molecule has 0 spiro atoms. The Kier molecular flexibility index (Phi) is 3.47. The minimum atomic E-state index is -0.449. The van der Waals surface area contributed by atoms with E-state index in [2.05, 4.69) is 9.98 Å². The van der Waals surface area contributed by atoms with Crippen LogP contribution in [0.4, 0.5) is 11.4 Å². The van der Waals surface area contributed by atoms with Crippen molar-refractivity contribution in [1.82, 2.24) is 0 Å². The number of nitro benzene ring substituents is 1. The quantitative estimate of drug-likeness (QED) is 0.322. The second-order valence-corrected chi connectivity index (χ2v) is 3.91. The standard InChI is InChI=1S/C12H12N6O2/c13-11(14)17-12(15)16-9-5-6-10(18(19)20)8-4-2-1-3-7(8)9/h1-6H,(H6,13,14,15,16,17). The number of fused-ring (bicyclic) bond motifs is 1. The fraction of sp³-hybridized carbons (Fsp3) is 0. The zero-order valence-electron chi connectivity index (χ0n) is 10.4. The first-order chi connectivity index (χ1) is 9.49. The molecule has 0 bridgehead atoms. The van der Waals surface area contributed by atoms with Crippen molar-refractivity contribution in [2.75, 3.05) is 0 Å². The monoisotopic (exact) mass is 272 g/mol. The molecule has 8 nitrogen and oxygen atoms in total. The molecule has 0 unspecified atom stereocenters. The molecular weight excluding hydrogens is 260 g/mol. The molecule has 102 valence electrons. The highest BCUT2D eigenvalue weighted by Crippen LogP contribution is 2.32. The fourth-order valence-corrected chi connectivity index (χ4v) is 1.80. The van der Waals surface area contributed by atoms with E-state index in [1.807, 2.05) is 0 Å². The maximum atomic E-state index is 11.0. The Morgan fingerprint density at radius 3 is 2.30 bits per heavy atom. The van der Waals surface area contributed by atoms with Gasteiger partial charge in [-0.1, -0.05) is 18.2 Å². The summed E-state index contributed by atoms with van der Waals surface area (Å²) in [5.41, 5.74) is 16.4. The summed E-state index contributed by atoms with van der Waals surface area (Å²) in [5, 5.41) is 12.0. The summed E-state index contributed by atoms with van der Waals surface area (Å²) in [5.74, 6) is -0.332. The van der Waals surface area contributed by atoms with E-state index in [0.717, 1.165) is 0 Å². The molecule has 0 saturated carbocycles. The topological polar surface area (TPSA) is 146 Å². The van der Waals surface area contributed by atoms with Crippen LogP contribution in [0.3, 0.4) is 0 Å². The number of aliphatic imine (C=N–C) groups is 2. The lowest BCUT2D eigenvalue weighted by Crippen LogP contribution is -2.26. The Labute approximate surface area is 113 Å². The van der Waals surface area contributed by atoms with E-state index in [-0.39, 0.29) is 17.6 Å². The first-order valence-corrected chi connectivity index (χ1v) is 5.59. The molecular formula is C12H12N6O2. The Morgan fingerprint density at radius 1 is 1.05 bits per heavy atom. The fourth-order valence-electron chi connectivity index (χ4n) is 1.80. The van der Waals surface area contributed by atoms with Gasteiger partial charge in [-0.2, -0.15) is 4.99 Å². The molecule has 0 fully saturated rings. The molecule has 0 heterocycles. The summed E-state index contributed by atoms with van der Waals surface area (Å²) in [7, 11) is 0. The summed E-state index contributed by atoms with van der Waals surface area (Å²) in [6.07, 6.45) is 0. The van der Waals surface area contributed by atoms with Gasteiger partial charge in [0.05, 0.1) is 16.0 Å². The molecule has 0 atom stereocenters. The van der Waals surface area contributed by atoms with Crippen LogP contribution in [-0.4, -0.2) is 16.8 Å². The van der Waals surface area contributed by atoms with Crippen molar-refractivity contribution in [3.05, 3.63) is 46.5 Å². The molecule has 2 aromatic carbocycles. The van der Waals surface area contributed by atoms with Gasteiger partial charge >= 0.3 is 0 Å². The van der Waals surface area contributed by atoms with Gasteiger partial charge in [0.25, 0.3) is 5.69 Å². The SMILES string of the molecule is NC(N)=NC(N)=Nc1ccc([N+](=O)[O-])c2ccccc12. The summed E-state index contributed by atoms with van der Waals surface area (Å²) >= 11 is 0. The summed E-state index contributed by atoms with van der Waals surface area (Å²) in [6, 6.07) is 9.68. The van der Waals surface area contributed by atoms with Gasteiger partial charge in [-0.15, -0.1) is 0 Å². The zero-order valence-corrected chi connectivity index (χ0v) is 10.4. The van der Waals surface area contributed by atoms with Crippen LogP contribution in [0, 0.1) is 10.1 Å². The molecule has 8 heteroatoms. The third-order valence-electron chi connectivity index (χ3n) is 2.55. The van der Waals surface area contributed by atoms with Crippen LogP contribution < -0.4 is 17.2 Å². The Balaban J connectivity index is 2.65. The number of benzene rings is 2. The third-order valence-corrected chi connectivity index (χ3v) is 2.55. The molecule has 0 aliphatic heterocycles. The molecule has 0 aliphatic rings. The molecule has 0 aromatic heterocycles. The van der Waals surface area contributed by atoms with Gasteiger partial charge in [-0.05, 0) is 12.1 Å². The van der Waals surface area contributed by atoms with E-state index in [4.69, 9.17) is 17.2 Å². The van der Waals surface area contributed by atoms with Gasteiger partial charge in [0.2, 0.25) is 5.96 Å². The number of nitrogens with zero attached hydrogens (tertiary/aromatic N) is 3. The lowest BCUT2D eigenvalue weighted by molar-refractivity contribution is -0.383. The summed E-state index contributed by atoms with van der Waals surface area (Å²) in [6.45, 7) is 0. The Morgan fingerprint density at radius 2 is 1.70 bits per heavy atom. The van der Waals surface area contributed by atoms with Crippen LogP contribution >= 0.6 is 0 Å². The van der Waals surface area contributed by atoms with Crippen molar-refractivity contribution in [3.8, 4) is 0 Å². The first kappa shape index (κ1) is 13.3. The predicted octanol–water partition coefficient (Wildman–Crippen LogP) is 0.968. The van der Waals surface area contributed by atoms with Crippen molar-refractivity contribution in [2.24, 2.45) is 27.2 Å². The largest absolute Gasteiger partial charge is 0.370 e.